The third-order valence-corrected chi connectivity index (χ3v) is 5.41. The van der Waals surface area contributed by atoms with E-state index in [4.69, 9.17) is 4.74 Å². The number of hydrogen-bond donors (Lipinski definition) is 1. The molecule has 0 unspecified atom stereocenters. The van der Waals surface area contributed by atoms with Gasteiger partial charge < -0.3 is 10.1 Å². The molecule has 1 amide bonds. The molecule has 0 aliphatic heterocycles. The van der Waals surface area contributed by atoms with Gasteiger partial charge in [0.15, 0.2) is 0 Å². The fraction of sp³-hybridized carbons (Fsp3) is 0.478. The summed E-state index contributed by atoms with van der Waals surface area (Å²) in [7, 11) is 0. The maximum atomic E-state index is 12.4. The summed E-state index contributed by atoms with van der Waals surface area (Å²) in [5.41, 5.74) is 2.81. The highest BCUT2D eigenvalue weighted by Gasteiger charge is 2.21. The first-order chi connectivity index (χ1) is 13.2. The third kappa shape index (κ3) is 5.31. The van der Waals surface area contributed by atoms with Crippen LogP contribution >= 0.6 is 0 Å². The Morgan fingerprint density at radius 3 is 2.67 bits per heavy atom. The first kappa shape index (κ1) is 19.4. The Morgan fingerprint density at radius 1 is 1.19 bits per heavy atom. The van der Waals surface area contributed by atoms with Gasteiger partial charge in [-0.3, -0.25) is 9.78 Å². The van der Waals surface area contributed by atoms with Crippen molar-refractivity contribution in [3.05, 3.63) is 48.3 Å². The minimum absolute atomic E-state index is 0.0584. The van der Waals surface area contributed by atoms with Gasteiger partial charge in [-0.1, -0.05) is 43.5 Å². The Bertz CT molecular complexity index is 736. The first-order valence-electron chi connectivity index (χ1n) is 10.1. The molecule has 1 aromatic heterocycles. The molecule has 1 fully saturated rings. The topological polar surface area (TPSA) is 51.2 Å². The zero-order valence-electron chi connectivity index (χ0n) is 16.4. The van der Waals surface area contributed by atoms with Crippen LogP contribution in [0.15, 0.2) is 42.6 Å². The predicted molar refractivity (Wildman–Crippen MR) is 109 cm³/mol. The molecule has 3 rings (SSSR count). The molecule has 1 heterocycles. The van der Waals surface area contributed by atoms with Gasteiger partial charge in [0, 0.05) is 29.1 Å². The summed E-state index contributed by atoms with van der Waals surface area (Å²) in [5, 5.41) is 3.17. The van der Waals surface area contributed by atoms with E-state index in [0.29, 0.717) is 18.9 Å². The normalized spacial score (nSPS) is 15.9. The van der Waals surface area contributed by atoms with Gasteiger partial charge in [-0.05, 0) is 44.7 Å². The molecule has 0 saturated heterocycles. The van der Waals surface area contributed by atoms with Crippen LogP contribution in [-0.4, -0.2) is 23.5 Å². The number of rotatable bonds is 7. The number of carbonyl (C=O) groups excluding carboxylic acids is 1. The standard InChI is InChI=1S/C23H30N2O2/c1-3-27-22-12-8-7-11-21(22)19-13-14-20(24-16-19)15-23(26)25-17(2)18-9-5-4-6-10-18/h7-8,11-14,16-18H,3-6,9-10,15H2,1-2H3,(H,25,26)/t17-/m1/s1. The highest BCUT2D eigenvalue weighted by molar-refractivity contribution is 5.78. The summed E-state index contributed by atoms with van der Waals surface area (Å²) in [4.78, 5) is 16.9. The van der Waals surface area contributed by atoms with E-state index in [0.717, 1.165) is 22.6 Å². The molecular formula is C23H30N2O2. The molecule has 0 spiro atoms. The van der Waals surface area contributed by atoms with E-state index < -0.39 is 0 Å². The molecule has 1 aromatic carbocycles. The van der Waals surface area contributed by atoms with Gasteiger partial charge in [0.2, 0.25) is 5.91 Å². The van der Waals surface area contributed by atoms with Crippen LogP contribution in [0.3, 0.4) is 0 Å². The lowest BCUT2D eigenvalue weighted by Gasteiger charge is -2.28. The summed E-state index contributed by atoms with van der Waals surface area (Å²) in [6.45, 7) is 4.74. The van der Waals surface area contributed by atoms with Crippen molar-refractivity contribution in [1.29, 1.82) is 0 Å². The van der Waals surface area contributed by atoms with E-state index in [1.807, 2.05) is 49.5 Å². The quantitative estimate of drug-likeness (QED) is 0.767. The summed E-state index contributed by atoms with van der Waals surface area (Å²) in [6.07, 6.45) is 8.52. The molecule has 144 valence electrons. The number of hydrogen-bond acceptors (Lipinski definition) is 3. The molecule has 0 radical (unpaired) electrons. The Kier molecular flexibility index (Phi) is 6.86. The third-order valence-electron chi connectivity index (χ3n) is 5.41. The van der Waals surface area contributed by atoms with Crippen LogP contribution in [0.5, 0.6) is 5.75 Å². The molecule has 1 aliphatic rings. The highest BCUT2D eigenvalue weighted by atomic mass is 16.5. The van der Waals surface area contributed by atoms with Crippen molar-refractivity contribution >= 4 is 5.91 Å². The van der Waals surface area contributed by atoms with Gasteiger partial charge in [0.25, 0.3) is 0 Å². The molecule has 1 N–H and O–H groups in total. The van der Waals surface area contributed by atoms with Gasteiger partial charge in [-0.25, -0.2) is 0 Å². The van der Waals surface area contributed by atoms with E-state index in [1.165, 1.54) is 32.1 Å². The van der Waals surface area contributed by atoms with E-state index in [9.17, 15) is 4.79 Å². The van der Waals surface area contributed by atoms with Crippen LogP contribution < -0.4 is 10.1 Å². The Hall–Kier alpha value is -2.36. The first-order valence-corrected chi connectivity index (χ1v) is 10.1. The van der Waals surface area contributed by atoms with Crippen LogP contribution in [0, 0.1) is 5.92 Å². The second kappa shape index (κ2) is 9.54. The summed E-state index contributed by atoms with van der Waals surface area (Å²) < 4.78 is 5.70. The van der Waals surface area contributed by atoms with Crippen molar-refractivity contribution in [2.45, 2.75) is 58.4 Å². The second-order valence-electron chi connectivity index (χ2n) is 7.40. The highest BCUT2D eigenvalue weighted by Crippen LogP contribution is 2.29. The monoisotopic (exact) mass is 366 g/mol. The number of nitrogens with zero attached hydrogens (tertiary/aromatic N) is 1. The lowest BCUT2D eigenvalue weighted by Crippen LogP contribution is -2.39. The molecule has 2 aromatic rings. The second-order valence-corrected chi connectivity index (χ2v) is 7.40. The van der Waals surface area contributed by atoms with Crippen molar-refractivity contribution in [2.24, 2.45) is 5.92 Å². The van der Waals surface area contributed by atoms with Gasteiger partial charge in [-0.15, -0.1) is 0 Å². The maximum Gasteiger partial charge on any atom is 0.226 e. The van der Waals surface area contributed by atoms with Crippen LogP contribution in [0.4, 0.5) is 0 Å². The smallest absolute Gasteiger partial charge is 0.226 e. The molecule has 0 bridgehead atoms. The SMILES string of the molecule is CCOc1ccccc1-c1ccc(CC(=O)N[C@H](C)C2CCCCC2)nc1. The fourth-order valence-electron chi connectivity index (χ4n) is 3.90. The average Bonchev–Trinajstić information content (AvgIpc) is 2.70. The van der Waals surface area contributed by atoms with E-state index in [1.54, 1.807) is 0 Å². The average molecular weight is 367 g/mol. The molecule has 1 aliphatic carbocycles. The van der Waals surface area contributed by atoms with Gasteiger partial charge in [0.1, 0.15) is 5.75 Å². The van der Waals surface area contributed by atoms with E-state index in [-0.39, 0.29) is 11.9 Å². The number of amides is 1. The van der Waals surface area contributed by atoms with Crippen LogP contribution in [-0.2, 0) is 11.2 Å². The molecule has 1 saturated carbocycles. The number of carbonyl (C=O) groups is 1. The van der Waals surface area contributed by atoms with Crippen LogP contribution in [0.2, 0.25) is 0 Å². The van der Waals surface area contributed by atoms with Crippen molar-refractivity contribution in [3.8, 4) is 16.9 Å². The number of benzene rings is 1. The minimum atomic E-state index is 0.0584. The number of nitrogens with one attached hydrogen (secondary N) is 1. The molecule has 1 atom stereocenters. The van der Waals surface area contributed by atoms with Crippen molar-refractivity contribution in [3.63, 3.8) is 0 Å². The summed E-state index contributed by atoms with van der Waals surface area (Å²) in [6, 6.07) is 12.1. The van der Waals surface area contributed by atoms with Crippen LogP contribution in [0.1, 0.15) is 51.6 Å². The number of ether oxygens (including phenoxy) is 1. The molecular weight excluding hydrogens is 336 g/mol. The van der Waals surface area contributed by atoms with Gasteiger partial charge in [0.05, 0.1) is 13.0 Å². The van der Waals surface area contributed by atoms with Gasteiger partial charge >= 0.3 is 0 Å². The largest absolute Gasteiger partial charge is 0.493 e. The molecule has 4 nitrogen and oxygen atoms in total. The summed E-state index contributed by atoms with van der Waals surface area (Å²) in [5.74, 6) is 1.53. The molecule has 4 heteroatoms. The zero-order chi connectivity index (χ0) is 19.1. The lowest BCUT2D eigenvalue weighted by atomic mass is 9.84. The van der Waals surface area contributed by atoms with Crippen molar-refractivity contribution < 1.29 is 9.53 Å². The Morgan fingerprint density at radius 2 is 1.96 bits per heavy atom. The minimum Gasteiger partial charge on any atom is -0.493 e. The van der Waals surface area contributed by atoms with E-state index >= 15 is 0 Å². The Labute approximate surface area is 162 Å². The van der Waals surface area contributed by atoms with Gasteiger partial charge in [-0.2, -0.15) is 0 Å². The van der Waals surface area contributed by atoms with Crippen LogP contribution in [0.25, 0.3) is 11.1 Å². The summed E-state index contributed by atoms with van der Waals surface area (Å²) >= 11 is 0. The fourth-order valence-corrected chi connectivity index (χ4v) is 3.90. The Balaban J connectivity index is 1.59. The number of aromatic nitrogens is 1. The zero-order valence-corrected chi connectivity index (χ0v) is 16.4. The van der Waals surface area contributed by atoms with Crippen molar-refractivity contribution in [2.75, 3.05) is 6.61 Å². The molecule has 27 heavy (non-hydrogen) atoms. The number of para-hydroxylation sites is 1. The van der Waals surface area contributed by atoms with E-state index in [2.05, 4.69) is 17.2 Å². The maximum absolute atomic E-state index is 12.4. The number of pyridine rings is 1. The van der Waals surface area contributed by atoms with Crippen molar-refractivity contribution in [1.82, 2.24) is 10.3 Å². The predicted octanol–water partition coefficient (Wildman–Crippen LogP) is 4.77. The lowest BCUT2D eigenvalue weighted by molar-refractivity contribution is -0.121.